The fraction of sp³-hybridized carbons (Fsp3) is 0.929. The molecule has 4 nitrogen and oxygen atoms in total. The summed E-state index contributed by atoms with van der Waals surface area (Å²) in [6.45, 7) is 5.51. The first-order valence-corrected chi connectivity index (χ1v) is 7.03. The molecular weight excluding hydrogens is 230 g/mol. The number of carbonyl (C=O) groups is 1. The zero-order valence-electron chi connectivity index (χ0n) is 11.6. The third kappa shape index (κ3) is 2.69. The van der Waals surface area contributed by atoms with Crippen LogP contribution in [0.1, 0.15) is 33.1 Å². The molecule has 0 radical (unpaired) electrons. The highest BCUT2D eigenvalue weighted by Crippen LogP contribution is 2.34. The van der Waals surface area contributed by atoms with Gasteiger partial charge in [0.15, 0.2) is 0 Å². The number of hydrogen-bond donors (Lipinski definition) is 1. The molecule has 0 aromatic rings. The zero-order valence-corrected chi connectivity index (χ0v) is 11.6. The van der Waals surface area contributed by atoms with Gasteiger partial charge in [0, 0.05) is 12.1 Å². The Morgan fingerprint density at radius 1 is 1.22 bits per heavy atom. The van der Waals surface area contributed by atoms with E-state index in [4.69, 9.17) is 4.74 Å². The number of hydrogen-bond acceptors (Lipinski definition) is 3. The minimum Gasteiger partial charge on any atom is -0.481 e. The summed E-state index contributed by atoms with van der Waals surface area (Å²) in [5.41, 5.74) is 0. The number of carboxylic acids is 1. The Hall–Kier alpha value is -0.610. The van der Waals surface area contributed by atoms with E-state index in [1.807, 2.05) is 0 Å². The molecular formula is C14H25NO3. The molecule has 0 spiro atoms. The number of aliphatic carboxylic acids is 1. The lowest BCUT2D eigenvalue weighted by molar-refractivity contribution is -0.143. The number of nitrogens with zero attached hydrogens (tertiary/aromatic N) is 1. The lowest BCUT2D eigenvalue weighted by atomic mass is 9.78. The van der Waals surface area contributed by atoms with Crippen LogP contribution in [0.4, 0.5) is 0 Å². The van der Waals surface area contributed by atoms with E-state index in [1.165, 1.54) is 19.3 Å². The van der Waals surface area contributed by atoms with Crippen molar-refractivity contribution in [1.82, 2.24) is 4.90 Å². The van der Waals surface area contributed by atoms with Gasteiger partial charge in [0.2, 0.25) is 0 Å². The number of ether oxygens (including phenoxy) is 1. The Morgan fingerprint density at radius 2 is 1.94 bits per heavy atom. The minimum atomic E-state index is -0.721. The second kappa shape index (κ2) is 5.57. The van der Waals surface area contributed by atoms with Crippen molar-refractivity contribution in [3.8, 4) is 0 Å². The van der Waals surface area contributed by atoms with Crippen molar-refractivity contribution in [2.45, 2.75) is 45.2 Å². The first-order valence-electron chi connectivity index (χ1n) is 7.03. The average molecular weight is 255 g/mol. The first-order chi connectivity index (χ1) is 8.50. The summed E-state index contributed by atoms with van der Waals surface area (Å²) in [5, 5.41) is 9.24. The fourth-order valence-corrected chi connectivity index (χ4v) is 3.50. The fourth-order valence-electron chi connectivity index (χ4n) is 3.50. The molecule has 2 aliphatic rings. The molecule has 18 heavy (non-hydrogen) atoms. The topological polar surface area (TPSA) is 49.8 Å². The highest BCUT2D eigenvalue weighted by molar-refractivity contribution is 5.71. The van der Waals surface area contributed by atoms with Gasteiger partial charge in [-0.05, 0) is 31.7 Å². The van der Waals surface area contributed by atoms with Gasteiger partial charge >= 0.3 is 5.97 Å². The van der Waals surface area contributed by atoms with E-state index in [0.717, 1.165) is 5.92 Å². The molecule has 1 aliphatic carbocycles. The largest absolute Gasteiger partial charge is 0.481 e. The normalized spacial score (nSPS) is 41.2. The number of rotatable bonds is 3. The highest BCUT2D eigenvalue weighted by Gasteiger charge is 2.41. The van der Waals surface area contributed by atoms with Gasteiger partial charge in [-0.25, -0.2) is 0 Å². The molecule has 1 aliphatic heterocycles. The van der Waals surface area contributed by atoms with Crippen LogP contribution in [0.25, 0.3) is 0 Å². The van der Waals surface area contributed by atoms with Gasteiger partial charge in [0.05, 0.1) is 19.1 Å². The third-order valence-corrected chi connectivity index (χ3v) is 4.83. The van der Waals surface area contributed by atoms with Crippen molar-refractivity contribution in [2.75, 3.05) is 20.3 Å². The quantitative estimate of drug-likeness (QED) is 0.836. The summed E-state index contributed by atoms with van der Waals surface area (Å²) in [7, 11) is 2.08. The predicted molar refractivity (Wildman–Crippen MR) is 69.5 cm³/mol. The van der Waals surface area contributed by atoms with E-state index in [9.17, 15) is 9.90 Å². The molecule has 1 heterocycles. The van der Waals surface area contributed by atoms with Gasteiger partial charge in [-0.3, -0.25) is 9.69 Å². The Bertz CT molecular complexity index is 307. The minimum absolute atomic E-state index is 0.0419. The lowest BCUT2D eigenvalue weighted by Gasteiger charge is -2.42. The third-order valence-electron chi connectivity index (χ3n) is 4.83. The van der Waals surface area contributed by atoms with Crippen LogP contribution >= 0.6 is 0 Å². The Labute approximate surface area is 109 Å². The van der Waals surface area contributed by atoms with E-state index in [2.05, 4.69) is 25.8 Å². The van der Waals surface area contributed by atoms with Gasteiger partial charge in [-0.1, -0.05) is 20.3 Å². The van der Waals surface area contributed by atoms with Gasteiger partial charge in [-0.15, -0.1) is 0 Å². The summed E-state index contributed by atoms with van der Waals surface area (Å²) < 4.78 is 5.38. The van der Waals surface area contributed by atoms with Crippen LogP contribution in [0.15, 0.2) is 0 Å². The van der Waals surface area contributed by atoms with E-state index < -0.39 is 5.97 Å². The van der Waals surface area contributed by atoms with Crippen LogP contribution in [0.2, 0.25) is 0 Å². The summed E-state index contributed by atoms with van der Waals surface area (Å²) in [4.78, 5) is 13.5. The van der Waals surface area contributed by atoms with Gasteiger partial charge in [-0.2, -0.15) is 0 Å². The van der Waals surface area contributed by atoms with Crippen LogP contribution in [-0.4, -0.2) is 48.3 Å². The van der Waals surface area contributed by atoms with Crippen molar-refractivity contribution < 1.29 is 14.6 Å². The predicted octanol–water partition coefficient (Wildman–Crippen LogP) is 1.84. The average Bonchev–Trinajstić information content (AvgIpc) is 2.80. The lowest BCUT2D eigenvalue weighted by Crippen LogP contribution is -2.50. The summed E-state index contributed by atoms with van der Waals surface area (Å²) in [6, 6.07) is 0.544. The van der Waals surface area contributed by atoms with Crippen molar-refractivity contribution >= 4 is 5.97 Å². The Kier molecular flexibility index (Phi) is 4.28. The van der Waals surface area contributed by atoms with Crippen LogP contribution in [-0.2, 0) is 9.53 Å². The Morgan fingerprint density at radius 3 is 2.61 bits per heavy atom. The molecule has 0 aromatic heterocycles. The summed E-state index contributed by atoms with van der Waals surface area (Å²) in [5.74, 6) is 0.320. The van der Waals surface area contributed by atoms with Gasteiger partial charge in [0.1, 0.15) is 0 Å². The monoisotopic (exact) mass is 255 g/mol. The highest BCUT2D eigenvalue weighted by atomic mass is 16.5. The molecule has 0 aromatic carbocycles. The molecule has 1 N–H and O–H groups in total. The van der Waals surface area contributed by atoms with E-state index in [0.29, 0.717) is 25.2 Å². The molecule has 4 heteroatoms. The summed E-state index contributed by atoms with van der Waals surface area (Å²) in [6.07, 6.45) is 3.73. The second-order valence-corrected chi connectivity index (χ2v) is 6.18. The maximum absolute atomic E-state index is 11.2. The molecule has 2 rings (SSSR count). The van der Waals surface area contributed by atoms with Crippen LogP contribution in [0.5, 0.6) is 0 Å². The zero-order chi connectivity index (χ0) is 13.3. The second-order valence-electron chi connectivity index (χ2n) is 6.18. The molecule has 5 atom stereocenters. The maximum Gasteiger partial charge on any atom is 0.310 e. The molecule has 2 fully saturated rings. The molecule has 0 amide bonds. The van der Waals surface area contributed by atoms with Crippen LogP contribution in [0, 0.1) is 17.8 Å². The smallest absolute Gasteiger partial charge is 0.310 e. The van der Waals surface area contributed by atoms with Crippen molar-refractivity contribution in [3.63, 3.8) is 0 Å². The summed E-state index contributed by atoms with van der Waals surface area (Å²) >= 11 is 0. The van der Waals surface area contributed by atoms with Crippen molar-refractivity contribution in [1.29, 1.82) is 0 Å². The number of likely N-dealkylation sites (N-methyl/N-ethyl adjacent to an activating group) is 1. The molecule has 104 valence electrons. The SMILES string of the molecule is CC1CCC(C)C(N(C)C2COCC2C(=O)O)C1. The molecule has 0 bridgehead atoms. The number of carboxylic acid groups (broad SMARTS) is 1. The van der Waals surface area contributed by atoms with Gasteiger partial charge in [0.25, 0.3) is 0 Å². The Balaban J connectivity index is 2.05. The van der Waals surface area contributed by atoms with Crippen LogP contribution < -0.4 is 0 Å². The van der Waals surface area contributed by atoms with Crippen molar-refractivity contribution in [2.24, 2.45) is 17.8 Å². The first kappa shape index (κ1) is 13.8. The van der Waals surface area contributed by atoms with E-state index >= 15 is 0 Å². The van der Waals surface area contributed by atoms with Crippen LogP contribution in [0.3, 0.4) is 0 Å². The van der Waals surface area contributed by atoms with E-state index in [1.54, 1.807) is 0 Å². The van der Waals surface area contributed by atoms with E-state index in [-0.39, 0.29) is 12.0 Å². The molecule has 1 saturated carbocycles. The van der Waals surface area contributed by atoms with Gasteiger partial charge < -0.3 is 9.84 Å². The van der Waals surface area contributed by atoms with Crippen molar-refractivity contribution in [3.05, 3.63) is 0 Å². The molecule has 1 saturated heterocycles. The standard InChI is InChI=1S/C14H25NO3/c1-9-4-5-10(2)12(6-9)15(3)13-8-18-7-11(13)14(16)17/h9-13H,4-8H2,1-3H3,(H,16,17). The maximum atomic E-state index is 11.2. The molecule has 5 unspecified atom stereocenters.